The summed E-state index contributed by atoms with van der Waals surface area (Å²) in [6, 6.07) is 19.9. The van der Waals surface area contributed by atoms with Gasteiger partial charge in [0.1, 0.15) is 11.3 Å². The summed E-state index contributed by atoms with van der Waals surface area (Å²) >= 11 is 0. The average molecular weight is 357 g/mol. The maximum Gasteiger partial charge on any atom is 0.287 e. The third-order valence-electron chi connectivity index (χ3n) is 5.30. The fourth-order valence-electron chi connectivity index (χ4n) is 3.88. The Balaban J connectivity index is 1.53. The molecule has 0 bridgehead atoms. The molecule has 1 aliphatic heterocycles. The lowest BCUT2D eigenvalue weighted by molar-refractivity contribution is 0.0898. The number of amides is 1. The maximum atomic E-state index is 13.0. The number of benzene rings is 3. The molecule has 0 fully saturated rings. The molecule has 0 saturated heterocycles. The zero-order chi connectivity index (χ0) is 18.4. The van der Waals surface area contributed by atoms with Crippen molar-refractivity contribution in [3.8, 4) is 5.75 Å². The minimum atomic E-state index is -0.186. The number of hydrogen-bond donors (Lipinski definition) is 1. The Hall–Kier alpha value is -3.27. The fraction of sp³-hybridized carbons (Fsp3) is 0.174. The summed E-state index contributed by atoms with van der Waals surface area (Å²) in [7, 11) is 0. The number of aryl methyl sites for hydroxylation is 1. The van der Waals surface area contributed by atoms with Crippen LogP contribution in [0.1, 0.15) is 34.1 Å². The molecule has 3 aromatic carbocycles. The van der Waals surface area contributed by atoms with Gasteiger partial charge in [0.05, 0.1) is 12.6 Å². The number of rotatable bonds is 2. The normalized spacial score (nSPS) is 16.1. The first-order valence-electron chi connectivity index (χ1n) is 9.16. The molecule has 0 spiro atoms. The van der Waals surface area contributed by atoms with Crippen molar-refractivity contribution in [1.82, 2.24) is 5.32 Å². The Labute approximate surface area is 156 Å². The van der Waals surface area contributed by atoms with Crippen LogP contribution in [-0.4, -0.2) is 12.5 Å². The third-order valence-corrected chi connectivity index (χ3v) is 5.30. The first-order valence-corrected chi connectivity index (χ1v) is 9.16. The highest BCUT2D eigenvalue weighted by Crippen LogP contribution is 2.34. The summed E-state index contributed by atoms with van der Waals surface area (Å²) in [4.78, 5) is 13.0. The Bertz CT molecular complexity index is 1170. The highest BCUT2D eigenvalue weighted by atomic mass is 16.5. The average Bonchev–Trinajstić information content (AvgIpc) is 3.05. The van der Waals surface area contributed by atoms with E-state index in [-0.39, 0.29) is 11.9 Å². The molecule has 0 radical (unpaired) electrons. The van der Waals surface area contributed by atoms with E-state index in [1.165, 1.54) is 0 Å². The van der Waals surface area contributed by atoms with E-state index < -0.39 is 0 Å². The second-order valence-corrected chi connectivity index (χ2v) is 6.92. The van der Waals surface area contributed by atoms with E-state index in [9.17, 15) is 4.79 Å². The SMILES string of the molecule is Cc1c(C(=O)N[C@H]2CCOc3ccccc32)oc2c1ccc1ccccc12. The van der Waals surface area contributed by atoms with Gasteiger partial charge in [0, 0.05) is 28.3 Å². The Morgan fingerprint density at radius 1 is 1.00 bits per heavy atom. The van der Waals surface area contributed by atoms with Crippen LogP contribution in [0.25, 0.3) is 21.7 Å². The van der Waals surface area contributed by atoms with Crippen LogP contribution in [0.3, 0.4) is 0 Å². The van der Waals surface area contributed by atoms with Crippen LogP contribution >= 0.6 is 0 Å². The van der Waals surface area contributed by atoms with Gasteiger partial charge in [-0.2, -0.15) is 0 Å². The van der Waals surface area contributed by atoms with Gasteiger partial charge in [-0.3, -0.25) is 4.79 Å². The van der Waals surface area contributed by atoms with Crippen molar-refractivity contribution in [3.05, 3.63) is 77.6 Å². The number of carbonyl (C=O) groups is 1. The Morgan fingerprint density at radius 2 is 1.81 bits per heavy atom. The van der Waals surface area contributed by atoms with Crippen LogP contribution in [0.2, 0.25) is 0 Å². The van der Waals surface area contributed by atoms with Crippen LogP contribution in [-0.2, 0) is 0 Å². The van der Waals surface area contributed by atoms with Crippen LogP contribution in [0.15, 0.2) is 65.1 Å². The van der Waals surface area contributed by atoms with Gasteiger partial charge in [-0.25, -0.2) is 0 Å². The predicted octanol–water partition coefficient (Wildman–Crippen LogP) is 5.15. The molecule has 4 nitrogen and oxygen atoms in total. The zero-order valence-electron chi connectivity index (χ0n) is 15.0. The number of furan rings is 1. The monoisotopic (exact) mass is 357 g/mol. The number of fused-ring (bicyclic) bond motifs is 4. The molecule has 1 aliphatic rings. The molecule has 1 N–H and O–H groups in total. The van der Waals surface area contributed by atoms with E-state index >= 15 is 0 Å². The van der Waals surface area contributed by atoms with E-state index in [0.29, 0.717) is 12.4 Å². The fourth-order valence-corrected chi connectivity index (χ4v) is 3.88. The van der Waals surface area contributed by atoms with Gasteiger partial charge in [0.25, 0.3) is 5.91 Å². The molecule has 5 rings (SSSR count). The molecular formula is C23H19NO3. The molecule has 27 heavy (non-hydrogen) atoms. The molecule has 1 amide bonds. The summed E-state index contributed by atoms with van der Waals surface area (Å²) in [5.41, 5.74) is 2.65. The predicted molar refractivity (Wildman–Crippen MR) is 105 cm³/mol. The molecule has 1 atom stereocenters. The van der Waals surface area contributed by atoms with E-state index in [4.69, 9.17) is 9.15 Å². The summed E-state index contributed by atoms with van der Waals surface area (Å²) < 4.78 is 11.7. The summed E-state index contributed by atoms with van der Waals surface area (Å²) in [5.74, 6) is 1.03. The van der Waals surface area contributed by atoms with Crippen molar-refractivity contribution in [2.45, 2.75) is 19.4 Å². The van der Waals surface area contributed by atoms with Crippen LogP contribution in [0.5, 0.6) is 5.75 Å². The molecule has 2 heterocycles. The van der Waals surface area contributed by atoms with Crippen LogP contribution < -0.4 is 10.1 Å². The van der Waals surface area contributed by atoms with Gasteiger partial charge in [0.15, 0.2) is 5.76 Å². The lowest BCUT2D eigenvalue weighted by Crippen LogP contribution is -2.32. The quantitative estimate of drug-likeness (QED) is 0.540. The van der Waals surface area contributed by atoms with Gasteiger partial charge in [0.2, 0.25) is 0 Å². The standard InChI is InChI=1S/C23H19NO3/c1-14-16-11-10-15-6-2-3-7-17(15)22(16)27-21(14)23(25)24-19-12-13-26-20-9-5-4-8-18(19)20/h2-11,19H,12-13H2,1H3,(H,24,25)/t19-/m0/s1. The topological polar surface area (TPSA) is 51.5 Å². The number of nitrogens with one attached hydrogen (secondary N) is 1. The Kier molecular flexibility index (Phi) is 3.64. The van der Waals surface area contributed by atoms with Gasteiger partial charge >= 0.3 is 0 Å². The smallest absolute Gasteiger partial charge is 0.287 e. The first kappa shape index (κ1) is 15.9. The summed E-state index contributed by atoms with van der Waals surface area (Å²) in [5, 5.41) is 6.23. The van der Waals surface area contributed by atoms with Crippen molar-refractivity contribution in [2.24, 2.45) is 0 Å². The highest BCUT2D eigenvalue weighted by molar-refractivity contribution is 6.08. The molecule has 134 valence electrons. The van der Waals surface area contributed by atoms with Crippen molar-refractivity contribution >= 4 is 27.6 Å². The van der Waals surface area contributed by atoms with Crippen molar-refractivity contribution in [3.63, 3.8) is 0 Å². The van der Waals surface area contributed by atoms with Gasteiger partial charge in [-0.15, -0.1) is 0 Å². The first-order chi connectivity index (χ1) is 13.2. The maximum absolute atomic E-state index is 13.0. The van der Waals surface area contributed by atoms with Gasteiger partial charge < -0.3 is 14.5 Å². The largest absolute Gasteiger partial charge is 0.493 e. The number of carbonyl (C=O) groups excluding carboxylic acids is 1. The van der Waals surface area contributed by atoms with E-state index in [1.54, 1.807) is 0 Å². The molecular weight excluding hydrogens is 338 g/mol. The minimum absolute atomic E-state index is 0.0770. The molecule has 1 aromatic heterocycles. The van der Waals surface area contributed by atoms with E-state index in [0.717, 1.165) is 45.0 Å². The van der Waals surface area contributed by atoms with Crippen LogP contribution in [0, 0.1) is 6.92 Å². The van der Waals surface area contributed by atoms with E-state index in [1.807, 2.05) is 61.5 Å². The number of hydrogen-bond acceptors (Lipinski definition) is 3. The van der Waals surface area contributed by atoms with Crippen molar-refractivity contribution in [1.29, 1.82) is 0 Å². The summed E-state index contributed by atoms with van der Waals surface area (Å²) in [6.07, 6.45) is 0.741. The molecule has 4 aromatic rings. The third kappa shape index (κ3) is 2.56. The molecule has 0 aliphatic carbocycles. The second-order valence-electron chi connectivity index (χ2n) is 6.92. The van der Waals surface area contributed by atoms with Gasteiger partial charge in [-0.1, -0.05) is 54.6 Å². The lowest BCUT2D eigenvalue weighted by atomic mass is 10.0. The number of para-hydroxylation sites is 1. The Morgan fingerprint density at radius 3 is 2.74 bits per heavy atom. The van der Waals surface area contributed by atoms with Crippen LogP contribution in [0.4, 0.5) is 0 Å². The highest BCUT2D eigenvalue weighted by Gasteiger charge is 2.26. The number of ether oxygens (including phenoxy) is 1. The molecule has 0 saturated carbocycles. The second kappa shape index (κ2) is 6.16. The molecule has 0 unspecified atom stereocenters. The molecule has 4 heteroatoms. The summed E-state index contributed by atoms with van der Waals surface area (Å²) in [6.45, 7) is 2.53. The lowest BCUT2D eigenvalue weighted by Gasteiger charge is -2.26. The minimum Gasteiger partial charge on any atom is -0.493 e. The van der Waals surface area contributed by atoms with E-state index in [2.05, 4.69) is 11.4 Å². The van der Waals surface area contributed by atoms with Gasteiger partial charge in [-0.05, 0) is 18.4 Å². The van der Waals surface area contributed by atoms with Crippen molar-refractivity contribution in [2.75, 3.05) is 6.61 Å². The zero-order valence-corrected chi connectivity index (χ0v) is 15.0. The van der Waals surface area contributed by atoms with Crippen molar-refractivity contribution < 1.29 is 13.9 Å².